The molecule has 2 aromatic rings. The number of rotatable bonds is 4. The number of nitrogens with one attached hydrogen (secondary N) is 1. The van der Waals surface area contributed by atoms with Crippen molar-refractivity contribution in [1.29, 1.82) is 0 Å². The predicted molar refractivity (Wildman–Crippen MR) is 167 cm³/mol. The maximum Gasteiger partial charge on any atom is 0.263 e. The number of benzene rings is 2. The number of aryl methyl sites for hydroxylation is 1. The highest BCUT2D eigenvalue weighted by Crippen LogP contribution is 2.44. The van der Waals surface area contributed by atoms with Crippen LogP contribution in [-0.2, 0) is 22.1 Å². The van der Waals surface area contributed by atoms with Crippen LogP contribution in [0.3, 0.4) is 0 Å². The van der Waals surface area contributed by atoms with Gasteiger partial charge in [-0.15, -0.1) is 0 Å². The second-order valence-electron chi connectivity index (χ2n) is 12.0. The second-order valence-corrected chi connectivity index (χ2v) is 13.6. The highest BCUT2D eigenvalue weighted by Gasteiger charge is 2.41. The van der Waals surface area contributed by atoms with E-state index in [-0.39, 0.29) is 23.8 Å². The van der Waals surface area contributed by atoms with Crippen molar-refractivity contribution < 1.29 is 18.5 Å². The normalized spacial score (nSPS) is 29.7. The van der Waals surface area contributed by atoms with E-state index >= 15 is 0 Å². The summed E-state index contributed by atoms with van der Waals surface area (Å²) in [6, 6.07) is 11.8. The minimum Gasteiger partial charge on any atom is -0.491 e. The van der Waals surface area contributed by atoms with Crippen molar-refractivity contribution in [2.75, 3.05) is 37.5 Å². The molecule has 41 heavy (non-hydrogen) atoms. The molecule has 2 aromatic carbocycles. The van der Waals surface area contributed by atoms with E-state index in [0.717, 1.165) is 61.7 Å². The Labute approximate surface area is 252 Å². The number of methoxy groups -OCH3 is 1. The molecule has 0 radical (unpaired) electrons. The third-order valence-corrected chi connectivity index (χ3v) is 10.6. The lowest BCUT2D eigenvalue weighted by molar-refractivity contribution is 0.00388. The van der Waals surface area contributed by atoms with Gasteiger partial charge < -0.3 is 14.4 Å². The van der Waals surface area contributed by atoms with Gasteiger partial charge in [-0.3, -0.25) is 9.52 Å². The second kappa shape index (κ2) is 13.3. The smallest absolute Gasteiger partial charge is 0.263 e. The van der Waals surface area contributed by atoms with Crippen molar-refractivity contribution in [2.24, 2.45) is 17.8 Å². The quantitative estimate of drug-likeness (QED) is 0.397. The zero-order chi connectivity index (χ0) is 29.1. The van der Waals surface area contributed by atoms with Crippen LogP contribution in [0.25, 0.3) is 0 Å². The Kier molecular flexibility index (Phi) is 9.77. The molecule has 2 heterocycles. The Morgan fingerprint density at radius 3 is 2.73 bits per heavy atom. The van der Waals surface area contributed by atoms with Crippen LogP contribution in [0.1, 0.15) is 73.9 Å². The van der Waals surface area contributed by atoms with Crippen LogP contribution in [0, 0.1) is 17.8 Å². The molecule has 6 nitrogen and oxygen atoms in total. The van der Waals surface area contributed by atoms with Crippen molar-refractivity contribution in [1.82, 2.24) is 4.72 Å². The molecule has 1 saturated carbocycles. The Hall–Kier alpha value is -2.35. The number of halogens is 1. The summed E-state index contributed by atoms with van der Waals surface area (Å²) >= 11 is 6.41. The third kappa shape index (κ3) is 6.68. The number of hydrogen-bond acceptors (Lipinski definition) is 5. The first-order chi connectivity index (χ1) is 19.8. The number of nitrogens with zero attached hydrogens (tertiary/aromatic N) is 1. The van der Waals surface area contributed by atoms with E-state index in [1.165, 1.54) is 16.7 Å². The lowest BCUT2D eigenvalue weighted by Crippen LogP contribution is -2.45. The fourth-order valence-corrected chi connectivity index (χ4v) is 8.12. The molecule has 2 aliphatic heterocycles. The van der Waals surface area contributed by atoms with Crippen LogP contribution in [0.4, 0.5) is 5.69 Å². The van der Waals surface area contributed by atoms with Crippen molar-refractivity contribution in [3.8, 4) is 5.75 Å². The van der Waals surface area contributed by atoms with Crippen molar-refractivity contribution in [3.05, 3.63) is 69.8 Å². The first kappa shape index (κ1) is 30.1. The number of anilines is 1. The summed E-state index contributed by atoms with van der Waals surface area (Å²) in [6.07, 6.45) is 7.27. The van der Waals surface area contributed by atoms with E-state index < -0.39 is 11.0 Å². The van der Waals surface area contributed by atoms with Crippen LogP contribution in [-0.4, -0.2) is 48.8 Å². The van der Waals surface area contributed by atoms with Gasteiger partial charge in [0.2, 0.25) is 0 Å². The zero-order valence-corrected chi connectivity index (χ0v) is 26.2. The Morgan fingerprint density at radius 1 is 1.20 bits per heavy atom. The minimum absolute atomic E-state index is 0.0339. The molecule has 2 bridgehead atoms. The number of carbonyl (C=O) groups is 1. The van der Waals surface area contributed by atoms with Crippen LogP contribution < -0.4 is 14.4 Å². The topological polar surface area (TPSA) is 67.9 Å². The van der Waals surface area contributed by atoms with Crippen molar-refractivity contribution in [3.63, 3.8) is 0 Å². The number of hydrogen-bond donors (Lipinski definition) is 1. The molecule has 1 N–H and O–H groups in total. The fraction of sp³-hybridized carbons (Fsp3) is 0.545. The van der Waals surface area contributed by atoms with Gasteiger partial charge in [-0.05, 0) is 97.4 Å². The molecule has 3 aliphatic rings. The van der Waals surface area contributed by atoms with Crippen LogP contribution in [0.2, 0.25) is 5.02 Å². The first-order valence-corrected chi connectivity index (χ1v) is 16.7. The monoisotopic (exact) mass is 598 g/mol. The van der Waals surface area contributed by atoms with Gasteiger partial charge in [0.1, 0.15) is 16.7 Å². The lowest BCUT2D eigenvalue weighted by Gasteiger charge is -2.45. The number of fused-ring (bicyclic) bond motifs is 2. The summed E-state index contributed by atoms with van der Waals surface area (Å²) < 4.78 is 28.3. The summed E-state index contributed by atoms with van der Waals surface area (Å²) in [5.41, 5.74) is 5.23. The van der Waals surface area contributed by atoms with Gasteiger partial charge in [-0.2, -0.15) is 0 Å². The Morgan fingerprint density at radius 2 is 2.02 bits per heavy atom. The van der Waals surface area contributed by atoms with Gasteiger partial charge >= 0.3 is 0 Å². The SMILES string of the molecule is C/C=C1\C[C@H](C)CS(=O)NC(=O)c2ccc3c(c2)N(CC(c2ccc(Cl)cc2CCC)CO3)CC2CCC2C1OC. The van der Waals surface area contributed by atoms with Gasteiger partial charge in [0.05, 0.1) is 18.4 Å². The van der Waals surface area contributed by atoms with Gasteiger partial charge in [0.25, 0.3) is 5.91 Å². The number of allylic oxidation sites excluding steroid dienone is 1. The highest BCUT2D eigenvalue weighted by molar-refractivity contribution is 7.83. The molecule has 5 rings (SSSR count). The highest BCUT2D eigenvalue weighted by atomic mass is 35.5. The molecule has 6 atom stereocenters. The first-order valence-electron chi connectivity index (χ1n) is 15.0. The molecule has 8 heteroatoms. The number of amides is 1. The molecule has 1 fully saturated rings. The van der Waals surface area contributed by atoms with E-state index in [1.54, 1.807) is 6.07 Å². The minimum atomic E-state index is -1.48. The van der Waals surface area contributed by atoms with Gasteiger partial charge in [0, 0.05) is 42.5 Å². The molecule has 1 amide bonds. The van der Waals surface area contributed by atoms with Gasteiger partial charge in [-0.1, -0.05) is 44.0 Å². The van der Waals surface area contributed by atoms with E-state index in [1.807, 2.05) is 25.3 Å². The van der Waals surface area contributed by atoms with Crippen LogP contribution >= 0.6 is 11.6 Å². The molecule has 1 aliphatic carbocycles. The number of ether oxygens (including phenoxy) is 2. The third-order valence-electron chi connectivity index (χ3n) is 9.04. The molecule has 5 unspecified atom stereocenters. The van der Waals surface area contributed by atoms with Crippen molar-refractivity contribution >= 4 is 34.2 Å². The Balaban J connectivity index is 1.54. The van der Waals surface area contributed by atoms with E-state index in [0.29, 0.717) is 29.8 Å². The predicted octanol–water partition coefficient (Wildman–Crippen LogP) is 6.70. The molecular weight excluding hydrogens is 556 g/mol. The summed E-state index contributed by atoms with van der Waals surface area (Å²) in [5, 5.41) is 0.759. The van der Waals surface area contributed by atoms with E-state index in [2.05, 4.69) is 48.6 Å². The standard InChI is InChI=1S/C33H43ClN2O4S/c1-5-7-23-15-27(34)10-12-28(23)26-18-36-17-25-8-11-29(25)32(39-4)22(6-2)14-21(3)20-41(38)35-33(37)24-9-13-31(40-19-26)30(36)16-24/h6,9-10,12-13,15-16,21,25-26,29,32H,5,7-8,11,14,17-20H2,1-4H3,(H,35,37)/b22-6+/t21-,25?,26?,29?,32?,41?/m0/s1. The Bertz CT molecular complexity index is 1310. The largest absolute Gasteiger partial charge is 0.491 e. The van der Waals surface area contributed by atoms with Gasteiger partial charge in [0.15, 0.2) is 0 Å². The molecular formula is C33H43ClN2O4S. The van der Waals surface area contributed by atoms with Crippen LogP contribution in [0.15, 0.2) is 48.0 Å². The summed E-state index contributed by atoms with van der Waals surface area (Å²) in [4.78, 5) is 15.6. The molecule has 0 saturated heterocycles. The average molecular weight is 599 g/mol. The summed E-state index contributed by atoms with van der Waals surface area (Å²) in [6.45, 7) is 8.54. The fourth-order valence-electron chi connectivity index (χ4n) is 6.88. The maximum absolute atomic E-state index is 13.2. The van der Waals surface area contributed by atoms with Crippen LogP contribution in [0.5, 0.6) is 5.75 Å². The van der Waals surface area contributed by atoms with E-state index in [9.17, 15) is 9.00 Å². The average Bonchev–Trinajstić information content (AvgIpc) is 3.11. The summed E-state index contributed by atoms with van der Waals surface area (Å²) in [7, 11) is 0.337. The van der Waals surface area contributed by atoms with Gasteiger partial charge in [-0.25, -0.2) is 4.21 Å². The maximum atomic E-state index is 13.2. The molecule has 0 aromatic heterocycles. The van der Waals surface area contributed by atoms with Crippen molar-refractivity contribution in [2.45, 2.75) is 64.9 Å². The van der Waals surface area contributed by atoms with E-state index in [4.69, 9.17) is 21.1 Å². The molecule has 0 spiro atoms. The molecule has 222 valence electrons. The summed E-state index contributed by atoms with van der Waals surface area (Å²) in [5.74, 6) is 2.02. The number of carbonyl (C=O) groups excluding carboxylic acids is 1. The zero-order valence-electron chi connectivity index (χ0n) is 24.7. The lowest BCUT2D eigenvalue weighted by atomic mass is 9.68.